The summed E-state index contributed by atoms with van der Waals surface area (Å²) in [7, 11) is 0. The first-order valence-corrected chi connectivity index (χ1v) is 6.17. The van der Waals surface area contributed by atoms with Crippen molar-refractivity contribution < 1.29 is 4.74 Å². The normalized spacial score (nSPS) is 24.6. The first kappa shape index (κ1) is 12.3. The lowest BCUT2D eigenvalue weighted by Crippen LogP contribution is -2.33. The molecule has 1 unspecified atom stereocenters. The number of anilines is 1. The fraction of sp³-hybridized carbons (Fsp3) is 0.667. The third-order valence-corrected chi connectivity index (χ3v) is 3.23. The van der Waals surface area contributed by atoms with Gasteiger partial charge in [0.05, 0.1) is 0 Å². The summed E-state index contributed by atoms with van der Waals surface area (Å²) in [5.41, 5.74) is 3.21. The highest BCUT2D eigenvalue weighted by Crippen LogP contribution is 2.33. The topological polar surface area (TPSA) is 73.1 Å². The number of rotatable bonds is 3. The first-order chi connectivity index (χ1) is 8.18. The Morgan fingerprint density at radius 2 is 2.29 bits per heavy atom. The molecule has 0 bridgehead atoms. The summed E-state index contributed by atoms with van der Waals surface area (Å²) >= 11 is 0. The van der Waals surface area contributed by atoms with Crippen LogP contribution in [0.25, 0.3) is 0 Å². The number of aromatic nitrogens is 2. The Kier molecular flexibility index (Phi) is 3.59. The molecule has 5 heteroatoms. The second kappa shape index (κ2) is 4.98. The number of nitrogens with two attached hydrogens (primary N) is 1. The Labute approximate surface area is 102 Å². The van der Waals surface area contributed by atoms with Crippen molar-refractivity contribution in [1.29, 1.82) is 0 Å². The maximum atomic E-state index is 5.86. The number of hydrogen-bond acceptors (Lipinski definition) is 5. The van der Waals surface area contributed by atoms with Gasteiger partial charge in [-0.25, -0.2) is 15.8 Å². The van der Waals surface area contributed by atoms with E-state index in [-0.39, 0.29) is 5.60 Å². The van der Waals surface area contributed by atoms with E-state index in [0.717, 1.165) is 43.8 Å². The molecule has 1 aromatic heterocycles. The molecule has 2 heterocycles. The van der Waals surface area contributed by atoms with Crippen LogP contribution < -0.4 is 11.3 Å². The second-order valence-corrected chi connectivity index (χ2v) is 4.60. The van der Waals surface area contributed by atoms with Crippen LogP contribution in [-0.4, -0.2) is 16.6 Å². The molecule has 1 saturated heterocycles. The molecule has 3 N–H and O–H groups in total. The average Bonchev–Trinajstić information content (AvgIpc) is 2.39. The van der Waals surface area contributed by atoms with Crippen LogP contribution in [0.3, 0.4) is 0 Å². The van der Waals surface area contributed by atoms with Gasteiger partial charge in [-0.05, 0) is 32.6 Å². The van der Waals surface area contributed by atoms with Crippen LogP contribution in [0.1, 0.15) is 44.6 Å². The van der Waals surface area contributed by atoms with E-state index in [2.05, 4.69) is 29.2 Å². The number of ether oxygens (including phenoxy) is 1. The Bertz CT molecular complexity index is 366. The van der Waals surface area contributed by atoms with Crippen molar-refractivity contribution in [2.24, 2.45) is 5.84 Å². The molecule has 94 valence electrons. The quantitative estimate of drug-likeness (QED) is 0.617. The third-order valence-electron chi connectivity index (χ3n) is 3.23. The monoisotopic (exact) mass is 236 g/mol. The number of hydrogen-bond donors (Lipinski definition) is 2. The molecule has 17 heavy (non-hydrogen) atoms. The highest BCUT2D eigenvalue weighted by molar-refractivity contribution is 5.35. The number of nitrogen functional groups attached to an aromatic ring is 1. The Morgan fingerprint density at radius 3 is 2.88 bits per heavy atom. The molecular weight excluding hydrogens is 216 g/mol. The highest BCUT2D eigenvalue weighted by Gasteiger charge is 2.33. The zero-order chi connectivity index (χ0) is 12.3. The van der Waals surface area contributed by atoms with Gasteiger partial charge in [0, 0.05) is 18.4 Å². The predicted molar refractivity (Wildman–Crippen MR) is 66.4 cm³/mol. The van der Waals surface area contributed by atoms with E-state index in [0.29, 0.717) is 5.82 Å². The standard InChI is InChI=1S/C12H20N4O/c1-3-9-8-10(16-13)15-11(14-9)12(2)6-4-5-7-17-12/h8H,3-7,13H2,1-2H3,(H,14,15,16). The van der Waals surface area contributed by atoms with E-state index in [1.54, 1.807) is 0 Å². The molecule has 0 aromatic carbocycles. The maximum Gasteiger partial charge on any atom is 0.162 e. The van der Waals surface area contributed by atoms with Gasteiger partial charge >= 0.3 is 0 Å². The van der Waals surface area contributed by atoms with Crippen LogP contribution in [0.2, 0.25) is 0 Å². The smallest absolute Gasteiger partial charge is 0.162 e. The van der Waals surface area contributed by atoms with E-state index >= 15 is 0 Å². The minimum absolute atomic E-state index is 0.366. The van der Waals surface area contributed by atoms with Gasteiger partial charge in [-0.1, -0.05) is 6.92 Å². The molecule has 1 aromatic rings. The molecule has 0 aliphatic carbocycles. The summed E-state index contributed by atoms with van der Waals surface area (Å²) in [5.74, 6) is 6.83. The van der Waals surface area contributed by atoms with E-state index in [1.807, 2.05) is 6.07 Å². The van der Waals surface area contributed by atoms with Gasteiger partial charge in [0.25, 0.3) is 0 Å². The summed E-state index contributed by atoms with van der Waals surface area (Å²) in [6.07, 6.45) is 4.09. The zero-order valence-electron chi connectivity index (χ0n) is 10.5. The molecule has 0 spiro atoms. The molecule has 1 aliphatic rings. The lowest BCUT2D eigenvalue weighted by molar-refractivity contribution is -0.0760. The molecule has 0 amide bonds. The van der Waals surface area contributed by atoms with Crippen molar-refractivity contribution in [2.75, 3.05) is 12.0 Å². The lowest BCUT2D eigenvalue weighted by Gasteiger charge is -2.32. The Hall–Kier alpha value is -1.20. The van der Waals surface area contributed by atoms with Gasteiger partial charge in [0.2, 0.25) is 0 Å². The summed E-state index contributed by atoms with van der Waals surface area (Å²) < 4.78 is 5.86. The molecule has 5 nitrogen and oxygen atoms in total. The van der Waals surface area contributed by atoms with Gasteiger partial charge in [-0.15, -0.1) is 0 Å². The average molecular weight is 236 g/mol. The molecule has 1 aliphatic heterocycles. The zero-order valence-corrected chi connectivity index (χ0v) is 10.5. The Balaban J connectivity index is 2.35. The van der Waals surface area contributed by atoms with Crippen LogP contribution in [0, 0.1) is 0 Å². The SMILES string of the molecule is CCc1cc(NN)nc(C2(C)CCCCO2)n1. The minimum atomic E-state index is -0.366. The van der Waals surface area contributed by atoms with Crippen LogP contribution in [0.15, 0.2) is 6.07 Å². The van der Waals surface area contributed by atoms with Gasteiger partial charge in [0.15, 0.2) is 5.82 Å². The lowest BCUT2D eigenvalue weighted by atomic mass is 9.95. The summed E-state index contributed by atoms with van der Waals surface area (Å²) in [6.45, 7) is 4.90. The number of aryl methyl sites for hydroxylation is 1. The molecular formula is C12H20N4O. The van der Waals surface area contributed by atoms with Crippen molar-refractivity contribution in [3.63, 3.8) is 0 Å². The molecule has 2 rings (SSSR count). The highest BCUT2D eigenvalue weighted by atomic mass is 16.5. The van der Waals surface area contributed by atoms with E-state index in [9.17, 15) is 0 Å². The van der Waals surface area contributed by atoms with Gasteiger partial charge in [-0.2, -0.15) is 0 Å². The number of hydrazine groups is 1. The molecule has 1 fully saturated rings. The van der Waals surface area contributed by atoms with E-state index < -0.39 is 0 Å². The van der Waals surface area contributed by atoms with E-state index in [4.69, 9.17) is 10.6 Å². The van der Waals surface area contributed by atoms with Crippen molar-refractivity contribution in [2.45, 2.75) is 45.1 Å². The summed E-state index contributed by atoms with van der Waals surface area (Å²) in [5, 5.41) is 0. The Morgan fingerprint density at radius 1 is 1.47 bits per heavy atom. The minimum Gasteiger partial charge on any atom is -0.367 e. The predicted octanol–water partition coefficient (Wildman–Crippen LogP) is 1.74. The van der Waals surface area contributed by atoms with Crippen LogP contribution in [0.4, 0.5) is 5.82 Å². The van der Waals surface area contributed by atoms with Crippen molar-refractivity contribution in [3.8, 4) is 0 Å². The van der Waals surface area contributed by atoms with Gasteiger partial charge in [-0.3, -0.25) is 0 Å². The molecule has 0 saturated carbocycles. The fourth-order valence-electron chi connectivity index (χ4n) is 2.10. The van der Waals surface area contributed by atoms with Crippen molar-refractivity contribution in [1.82, 2.24) is 9.97 Å². The maximum absolute atomic E-state index is 5.86. The number of nitrogens with zero attached hydrogens (tertiary/aromatic N) is 2. The summed E-state index contributed by atoms with van der Waals surface area (Å²) in [4.78, 5) is 8.99. The van der Waals surface area contributed by atoms with Crippen molar-refractivity contribution in [3.05, 3.63) is 17.6 Å². The van der Waals surface area contributed by atoms with Crippen LogP contribution >= 0.6 is 0 Å². The van der Waals surface area contributed by atoms with Gasteiger partial charge in [0.1, 0.15) is 11.4 Å². The van der Waals surface area contributed by atoms with E-state index in [1.165, 1.54) is 0 Å². The molecule has 1 atom stereocenters. The van der Waals surface area contributed by atoms with Crippen LogP contribution in [0.5, 0.6) is 0 Å². The molecule has 0 radical (unpaired) electrons. The number of nitrogens with one attached hydrogen (secondary N) is 1. The van der Waals surface area contributed by atoms with Crippen molar-refractivity contribution >= 4 is 5.82 Å². The summed E-state index contributed by atoms with van der Waals surface area (Å²) in [6, 6.07) is 1.87. The fourth-order valence-corrected chi connectivity index (χ4v) is 2.10. The van der Waals surface area contributed by atoms with Crippen LogP contribution in [-0.2, 0) is 16.8 Å². The first-order valence-electron chi connectivity index (χ1n) is 6.17. The third kappa shape index (κ3) is 2.56. The second-order valence-electron chi connectivity index (χ2n) is 4.60. The largest absolute Gasteiger partial charge is 0.367 e. The van der Waals surface area contributed by atoms with Gasteiger partial charge < -0.3 is 10.2 Å².